The van der Waals surface area contributed by atoms with Crippen LogP contribution < -0.4 is 24.4 Å². The third-order valence-electron chi connectivity index (χ3n) is 5.41. The molecule has 0 bridgehead atoms. The van der Waals surface area contributed by atoms with Crippen LogP contribution in [-0.2, 0) is 4.79 Å². The molecule has 2 aliphatic rings. The Balaban J connectivity index is 1.39. The summed E-state index contributed by atoms with van der Waals surface area (Å²) in [4.78, 5) is 13.2. The molecule has 2 heterocycles. The second-order valence-corrected chi connectivity index (χ2v) is 7.77. The number of ether oxygens (including phenoxy) is 3. The maximum absolute atomic E-state index is 14.7. The number of nitrogens with zero attached hydrogens (tertiary/aromatic N) is 1. The Kier molecular flexibility index (Phi) is 5.97. The fourth-order valence-electron chi connectivity index (χ4n) is 3.87. The fraction of sp³-hybridized carbons (Fsp3) is 0.435. The van der Waals surface area contributed by atoms with E-state index in [0.717, 1.165) is 24.2 Å². The van der Waals surface area contributed by atoms with Gasteiger partial charge in [0, 0.05) is 38.4 Å². The summed E-state index contributed by atoms with van der Waals surface area (Å²) in [6.07, 6.45) is 1.56. The Morgan fingerprint density at radius 2 is 1.90 bits per heavy atom. The summed E-state index contributed by atoms with van der Waals surface area (Å²) in [5, 5.41) is 2.87. The highest BCUT2D eigenvalue weighted by atomic mass is 19.1. The van der Waals surface area contributed by atoms with Gasteiger partial charge in [-0.25, -0.2) is 4.39 Å². The van der Waals surface area contributed by atoms with Crippen LogP contribution in [0.2, 0.25) is 0 Å². The molecule has 0 spiro atoms. The Morgan fingerprint density at radius 1 is 1.20 bits per heavy atom. The van der Waals surface area contributed by atoms with Gasteiger partial charge in [0.1, 0.15) is 17.7 Å². The van der Waals surface area contributed by atoms with Crippen molar-refractivity contribution in [1.82, 2.24) is 5.32 Å². The standard InChI is InChI=1S/C23H27FN2O4/c1-15(25-16(2)27)17-4-6-18(7-5-17)30-19-8-9-26(14-19)21-13-23-22(12-20(21)24)28-10-3-11-29-23/h4-7,12-13,15,19H,3,8-11,14H2,1-2H3,(H,25,27). The second-order valence-electron chi connectivity index (χ2n) is 7.77. The molecule has 2 aromatic rings. The lowest BCUT2D eigenvalue weighted by molar-refractivity contribution is -0.119. The van der Waals surface area contributed by atoms with E-state index < -0.39 is 0 Å². The van der Waals surface area contributed by atoms with Crippen molar-refractivity contribution in [2.75, 3.05) is 31.2 Å². The highest BCUT2D eigenvalue weighted by Gasteiger charge is 2.28. The van der Waals surface area contributed by atoms with Gasteiger partial charge in [-0.15, -0.1) is 0 Å². The van der Waals surface area contributed by atoms with E-state index in [9.17, 15) is 9.18 Å². The van der Waals surface area contributed by atoms with Crippen molar-refractivity contribution < 1.29 is 23.4 Å². The van der Waals surface area contributed by atoms with Gasteiger partial charge < -0.3 is 24.4 Å². The molecule has 2 unspecified atom stereocenters. The fourth-order valence-corrected chi connectivity index (χ4v) is 3.87. The highest BCUT2D eigenvalue weighted by molar-refractivity contribution is 5.73. The molecule has 1 saturated heterocycles. The maximum Gasteiger partial charge on any atom is 0.217 e. The molecule has 0 saturated carbocycles. The van der Waals surface area contributed by atoms with Crippen LogP contribution >= 0.6 is 0 Å². The Hall–Kier alpha value is -2.96. The minimum Gasteiger partial charge on any atom is -0.489 e. The van der Waals surface area contributed by atoms with Crippen LogP contribution in [-0.4, -0.2) is 38.3 Å². The molecule has 1 N–H and O–H groups in total. The zero-order valence-electron chi connectivity index (χ0n) is 17.3. The van der Waals surface area contributed by atoms with Crippen molar-refractivity contribution in [2.24, 2.45) is 0 Å². The molecular weight excluding hydrogens is 387 g/mol. The van der Waals surface area contributed by atoms with Crippen molar-refractivity contribution in [3.63, 3.8) is 0 Å². The lowest BCUT2D eigenvalue weighted by Crippen LogP contribution is -2.25. The Labute approximate surface area is 175 Å². The van der Waals surface area contributed by atoms with Gasteiger partial charge in [-0.2, -0.15) is 0 Å². The quantitative estimate of drug-likeness (QED) is 0.806. The minimum atomic E-state index is -0.309. The zero-order valence-corrected chi connectivity index (χ0v) is 17.3. The summed E-state index contributed by atoms with van der Waals surface area (Å²) >= 11 is 0. The topological polar surface area (TPSA) is 60.0 Å². The Morgan fingerprint density at radius 3 is 2.60 bits per heavy atom. The number of hydrogen-bond donors (Lipinski definition) is 1. The van der Waals surface area contributed by atoms with E-state index in [1.54, 1.807) is 6.07 Å². The van der Waals surface area contributed by atoms with Crippen molar-refractivity contribution in [1.29, 1.82) is 0 Å². The van der Waals surface area contributed by atoms with Crippen LogP contribution in [0.4, 0.5) is 10.1 Å². The number of rotatable bonds is 5. The first kappa shape index (κ1) is 20.3. The van der Waals surface area contributed by atoms with E-state index in [1.165, 1.54) is 13.0 Å². The number of carbonyl (C=O) groups excluding carboxylic acids is 1. The summed E-state index contributed by atoms with van der Waals surface area (Å²) in [7, 11) is 0. The number of anilines is 1. The van der Waals surface area contributed by atoms with Crippen LogP contribution in [0, 0.1) is 5.82 Å². The third kappa shape index (κ3) is 4.61. The number of fused-ring (bicyclic) bond motifs is 1. The van der Waals surface area contributed by atoms with Crippen LogP contribution in [0.3, 0.4) is 0 Å². The molecular formula is C23H27FN2O4. The summed E-state index contributed by atoms with van der Waals surface area (Å²) in [6, 6.07) is 10.8. The molecule has 2 atom stereocenters. The van der Waals surface area contributed by atoms with E-state index in [4.69, 9.17) is 14.2 Å². The summed E-state index contributed by atoms with van der Waals surface area (Å²) in [5.74, 6) is 1.46. The number of nitrogens with one attached hydrogen (secondary N) is 1. The molecule has 2 aliphatic heterocycles. The van der Waals surface area contributed by atoms with E-state index in [2.05, 4.69) is 5.32 Å². The lowest BCUT2D eigenvalue weighted by Gasteiger charge is -2.21. The first-order valence-corrected chi connectivity index (χ1v) is 10.4. The summed E-state index contributed by atoms with van der Waals surface area (Å²) in [5.41, 5.74) is 1.53. The molecule has 0 aliphatic carbocycles. The van der Waals surface area contributed by atoms with Gasteiger partial charge in [-0.1, -0.05) is 12.1 Å². The number of halogens is 1. The largest absolute Gasteiger partial charge is 0.489 e. The SMILES string of the molecule is CC(=O)NC(C)c1ccc(OC2CCN(c3cc4c(cc3F)OCCCO4)C2)cc1. The maximum atomic E-state index is 14.7. The predicted octanol–water partition coefficient (Wildman–Crippen LogP) is 3.84. The second kappa shape index (κ2) is 8.81. The molecule has 1 amide bonds. The monoisotopic (exact) mass is 414 g/mol. The van der Waals surface area contributed by atoms with Crippen LogP contribution in [0.5, 0.6) is 17.2 Å². The third-order valence-corrected chi connectivity index (χ3v) is 5.41. The van der Waals surface area contributed by atoms with Crippen LogP contribution in [0.15, 0.2) is 36.4 Å². The van der Waals surface area contributed by atoms with Crippen LogP contribution in [0.25, 0.3) is 0 Å². The van der Waals surface area contributed by atoms with Crippen LogP contribution in [0.1, 0.15) is 38.3 Å². The zero-order chi connectivity index (χ0) is 21.1. The first-order valence-electron chi connectivity index (χ1n) is 10.4. The molecule has 2 aromatic carbocycles. The molecule has 160 valence electrons. The van der Waals surface area contributed by atoms with Crippen molar-refractivity contribution >= 4 is 11.6 Å². The molecule has 0 radical (unpaired) electrons. The minimum absolute atomic E-state index is 0.0287. The van der Waals surface area contributed by atoms with Crippen molar-refractivity contribution in [3.05, 3.63) is 47.8 Å². The smallest absolute Gasteiger partial charge is 0.217 e. The lowest BCUT2D eigenvalue weighted by atomic mass is 10.1. The molecule has 4 rings (SSSR count). The normalized spacial score (nSPS) is 19.2. The van der Waals surface area contributed by atoms with E-state index in [0.29, 0.717) is 43.5 Å². The average Bonchev–Trinajstić information content (AvgIpc) is 3.05. The average molecular weight is 414 g/mol. The van der Waals surface area contributed by atoms with Gasteiger partial charge in [0.15, 0.2) is 11.5 Å². The number of benzene rings is 2. The predicted molar refractivity (Wildman–Crippen MR) is 112 cm³/mol. The number of amides is 1. The van der Waals surface area contributed by atoms with E-state index >= 15 is 0 Å². The summed E-state index contributed by atoms with van der Waals surface area (Å²) in [6.45, 7) is 5.86. The van der Waals surface area contributed by atoms with Gasteiger partial charge in [0.2, 0.25) is 5.91 Å². The molecule has 1 fully saturated rings. The first-order chi connectivity index (χ1) is 14.5. The number of carbonyl (C=O) groups is 1. The van der Waals surface area contributed by atoms with Crippen molar-refractivity contribution in [2.45, 2.75) is 38.8 Å². The van der Waals surface area contributed by atoms with Gasteiger partial charge in [-0.3, -0.25) is 4.79 Å². The van der Waals surface area contributed by atoms with Crippen molar-refractivity contribution in [3.8, 4) is 17.2 Å². The molecule has 7 heteroatoms. The van der Waals surface area contributed by atoms with Gasteiger partial charge in [0.05, 0.1) is 31.5 Å². The highest BCUT2D eigenvalue weighted by Crippen LogP contribution is 2.37. The van der Waals surface area contributed by atoms with E-state index in [1.807, 2.05) is 36.1 Å². The van der Waals surface area contributed by atoms with Gasteiger partial charge in [0.25, 0.3) is 0 Å². The van der Waals surface area contributed by atoms with Gasteiger partial charge >= 0.3 is 0 Å². The Bertz CT molecular complexity index is 903. The number of hydrogen-bond acceptors (Lipinski definition) is 5. The molecule has 0 aromatic heterocycles. The molecule has 30 heavy (non-hydrogen) atoms. The van der Waals surface area contributed by atoms with E-state index in [-0.39, 0.29) is 23.9 Å². The summed E-state index contributed by atoms with van der Waals surface area (Å²) < 4.78 is 32.1. The molecule has 6 nitrogen and oxygen atoms in total. The van der Waals surface area contributed by atoms with Gasteiger partial charge in [-0.05, 0) is 24.6 Å².